The number of ether oxygens (including phenoxy) is 3. The van der Waals surface area contributed by atoms with Crippen LogP contribution in [-0.2, 0) is 6.61 Å². The molecule has 4 aromatic carbocycles. The lowest BCUT2D eigenvalue weighted by atomic mass is 10.1. The van der Waals surface area contributed by atoms with Crippen molar-refractivity contribution in [3.8, 4) is 17.2 Å². The highest BCUT2D eigenvalue weighted by Crippen LogP contribution is 2.37. The molecule has 8 heteroatoms. The van der Waals surface area contributed by atoms with Gasteiger partial charge in [0.1, 0.15) is 17.9 Å². The Kier molecular flexibility index (Phi) is 7.99. The Bertz CT molecular complexity index is 1660. The van der Waals surface area contributed by atoms with Crippen LogP contribution >= 0.6 is 11.6 Å². The molecule has 1 aromatic heterocycles. The van der Waals surface area contributed by atoms with E-state index in [1.54, 1.807) is 30.3 Å². The quantitative estimate of drug-likeness (QED) is 0.147. The number of carbonyl (C=O) groups excluding carboxylic acids is 1. The fourth-order valence-corrected chi connectivity index (χ4v) is 4.43. The monoisotopic (exact) mass is 542 g/mol. The van der Waals surface area contributed by atoms with Crippen LogP contribution < -0.4 is 19.6 Å². The maximum absolute atomic E-state index is 12.6. The molecule has 0 aliphatic heterocycles. The van der Waals surface area contributed by atoms with Gasteiger partial charge in [0.15, 0.2) is 17.3 Å². The molecule has 5 rings (SSSR count). The van der Waals surface area contributed by atoms with Gasteiger partial charge in [-0.2, -0.15) is 5.10 Å². The topological polar surface area (TPSA) is 82.3 Å². The Morgan fingerprint density at radius 3 is 2.54 bits per heavy atom. The predicted molar refractivity (Wildman–Crippen MR) is 153 cm³/mol. The summed E-state index contributed by atoms with van der Waals surface area (Å²) in [6.07, 6.45) is 1.48. The first-order valence-corrected chi connectivity index (χ1v) is 13.0. The van der Waals surface area contributed by atoms with Crippen molar-refractivity contribution in [3.05, 3.63) is 101 Å². The molecule has 7 nitrogen and oxygen atoms in total. The normalized spacial score (nSPS) is 11.3. The van der Waals surface area contributed by atoms with E-state index in [0.29, 0.717) is 53.2 Å². The number of nitrogens with one attached hydrogen (secondary N) is 1. The summed E-state index contributed by atoms with van der Waals surface area (Å²) in [5, 5.41) is 7.51. The minimum Gasteiger partial charge on any atom is -0.494 e. The highest BCUT2D eigenvalue weighted by atomic mass is 35.5. The van der Waals surface area contributed by atoms with Crippen molar-refractivity contribution in [2.24, 2.45) is 5.10 Å². The molecule has 0 bridgehead atoms. The first-order chi connectivity index (χ1) is 19.0. The number of amides is 1. The average molecular weight is 543 g/mol. The SMILES string of the molecule is CCOc1ccc2oc(C(=O)N/N=C/c3cc(Cl)c(OCc4ccc5ccccc5c4)c(OCC)c3)cc2c1. The molecule has 0 spiro atoms. The van der Waals surface area contributed by atoms with Crippen LogP contribution in [0.3, 0.4) is 0 Å². The van der Waals surface area contributed by atoms with Crippen molar-refractivity contribution in [3.63, 3.8) is 0 Å². The zero-order valence-corrected chi connectivity index (χ0v) is 22.3. The third-order valence-corrected chi connectivity index (χ3v) is 6.21. The maximum Gasteiger partial charge on any atom is 0.307 e. The van der Waals surface area contributed by atoms with E-state index in [0.717, 1.165) is 16.3 Å². The number of hydrogen-bond donors (Lipinski definition) is 1. The standard InChI is InChI=1S/C31H27ClN2O5/c1-3-36-25-11-12-27-24(16-25)17-29(39-27)31(35)34-33-18-21-14-26(32)30(28(15-21)37-4-2)38-19-20-9-10-22-7-5-6-8-23(22)13-20/h5-18H,3-4,19H2,1-2H3,(H,34,35)/b33-18+. The fourth-order valence-electron chi connectivity index (χ4n) is 4.16. The number of hydrogen-bond acceptors (Lipinski definition) is 6. The lowest BCUT2D eigenvalue weighted by Crippen LogP contribution is -2.16. The van der Waals surface area contributed by atoms with Gasteiger partial charge in [0.05, 0.1) is 24.5 Å². The number of halogens is 1. The van der Waals surface area contributed by atoms with Crippen LogP contribution in [0.1, 0.15) is 35.5 Å². The molecule has 0 radical (unpaired) electrons. The number of carbonyl (C=O) groups is 1. The summed E-state index contributed by atoms with van der Waals surface area (Å²) in [6.45, 7) is 5.10. The molecule has 0 aliphatic rings. The van der Waals surface area contributed by atoms with Crippen molar-refractivity contribution >= 4 is 45.5 Å². The Labute approximate surface area is 230 Å². The Balaban J connectivity index is 1.27. The van der Waals surface area contributed by atoms with E-state index in [9.17, 15) is 4.79 Å². The van der Waals surface area contributed by atoms with Crippen molar-refractivity contribution in [2.75, 3.05) is 13.2 Å². The molecule has 198 valence electrons. The molecular formula is C31H27ClN2O5. The minimum absolute atomic E-state index is 0.140. The summed E-state index contributed by atoms with van der Waals surface area (Å²) in [4.78, 5) is 12.6. The highest BCUT2D eigenvalue weighted by Gasteiger charge is 2.14. The van der Waals surface area contributed by atoms with Gasteiger partial charge in [-0.25, -0.2) is 5.43 Å². The molecule has 0 fully saturated rings. The van der Waals surface area contributed by atoms with Gasteiger partial charge in [0.2, 0.25) is 0 Å². The Morgan fingerprint density at radius 2 is 1.72 bits per heavy atom. The Morgan fingerprint density at radius 1 is 0.897 bits per heavy atom. The van der Waals surface area contributed by atoms with E-state index in [2.05, 4.69) is 34.8 Å². The van der Waals surface area contributed by atoms with Crippen molar-refractivity contribution < 1.29 is 23.4 Å². The maximum atomic E-state index is 12.6. The molecule has 0 saturated carbocycles. The molecule has 39 heavy (non-hydrogen) atoms. The summed E-state index contributed by atoms with van der Waals surface area (Å²) < 4.78 is 23.0. The molecule has 0 saturated heterocycles. The zero-order valence-electron chi connectivity index (χ0n) is 21.6. The van der Waals surface area contributed by atoms with Gasteiger partial charge in [-0.05, 0) is 78.2 Å². The number of furan rings is 1. The zero-order chi connectivity index (χ0) is 27.2. The summed E-state index contributed by atoms with van der Waals surface area (Å²) >= 11 is 6.57. The van der Waals surface area contributed by atoms with Gasteiger partial charge in [0, 0.05) is 5.39 Å². The van der Waals surface area contributed by atoms with Crippen molar-refractivity contribution in [1.82, 2.24) is 5.43 Å². The predicted octanol–water partition coefficient (Wildman–Crippen LogP) is 7.38. The second kappa shape index (κ2) is 11.9. The summed E-state index contributed by atoms with van der Waals surface area (Å²) in [5.41, 5.74) is 4.71. The molecule has 0 aliphatic carbocycles. The van der Waals surface area contributed by atoms with Gasteiger partial charge >= 0.3 is 5.91 Å². The van der Waals surface area contributed by atoms with Gasteiger partial charge in [0.25, 0.3) is 0 Å². The van der Waals surface area contributed by atoms with Gasteiger partial charge in [-0.1, -0.05) is 48.0 Å². The number of nitrogens with zero attached hydrogens (tertiary/aromatic N) is 1. The molecule has 1 heterocycles. The van der Waals surface area contributed by atoms with Crippen molar-refractivity contribution in [2.45, 2.75) is 20.5 Å². The first-order valence-electron chi connectivity index (χ1n) is 12.6. The molecular weight excluding hydrogens is 516 g/mol. The van der Waals surface area contributed by atoms with Crippen LogP contribution in [0.2, 0.25) is 5.02 Å². The lowest BCUT2D eigenvalue weighted by Gasteiger charge is -2.14. The molecule has 5 aromatic rings. The lowest BCUT2D eigenvalue weighted by molar-refractivity contribution is 0.0929. The van der Waals surface area contributed by atoms with E-state index in [-0.39, 0.29) is 5.76 Å². The first kappa shape index (κ1) is 26.1. The second-order valence-electron chi connectivity index (χ2n) is 8.68. The van der Waals surface area contributed by atoms with E-state index < -0.39 is 5.91 Å². The van der Waals surface area contributed by atoms with Gasteiger partial charge in [-0.15, -0.1) is 0 Å². The van der Waals surface area contributed by atoms with Crippen LogP contribution in [0.15, 0.2) is 88.4 Å². The van der Waals surface area contributed by atoms with Crippen molar-refractivity contribution in [1.29, 1.82) is 0 Å². The van der Waals surface area contributed by atoms with Gasteiger partial charge in [-0.3, -0.25) is 4.79 Å². The summed E-state index contributed by atoms with van der Waals surface area (Å²) in [5.74, 6) is 1.30. The summed E-state index contributed by atoms with van der Waals surface area (Å²) in [7, 11) is 0. The largest absolute Gasteiger partial charge is 0.494 e. The number of rotatable bonds is 10. The van der Waals surface area contributed by atoms with Crippen LogP contribution in [-0.4, -0.2) is 25.3 Å². The van der Waals surface area contributed by atoms with Crippen LogP contribution in [0, 0.1) is 0 Å². The van der Waals surface area contributed by atoms with E-state index in [1.165, 1.54) is 11.6 Å². The molecule has 1 amide bonds. The van der Waals surface area contributed by atoms with E-state index in [4.69, 9.17) is 30.2 Å². The third-order valence-electron chi connectivity index (χ3n) is 5.93. The minimum atomic E-state index is -0.480. The number of fused-ring (bicyclic) bond motifs is 2. The second-order valence-corrected chi connectivity index (χ2v) is 9.08. The van der Waals surface area contributed by atoms with E-state index in [1.807, 2.05) is 38.1 Å². The molecule has 1 N–H and O–H groups in total. The Hall–Kier alpha value is -4.49. The molecule has 0 atom stereocenters. The smallest absolute Gasteiger partial charge is 0.307 e. The number of hydrazone groups is 1. The highest BCUT2D eigenvalue weighted by molar-refractivity contribution is 6.32. The third kappa shape index (κ3) is 6.16. The summed E-state index contributed by atoms with van der Waals surface area (Å²) in [6, 6.07) is 24.8. The number of benzene rings is 4. The fraction of sp³-hybridized carbons (Fsp3) is 0.161. The van der Waals surface area contributed by atoms with Crippen LogP contribution in [0.25, 0.3) is 21.7 Å². The van der Waals surface area contributed by atoms with E-state index >= 15 is 0 Å². The molecule has 0 unspecified atom stereocenters. The van der Waals surface area contributed by atoms with Gasteiger partial charge < -0.3 is 18.6 Å². The van der Waals surface area contributed by atoms with Crippen LogP contribution in [0.5, 0.6) is 17.2 Å². The average Bonchev–Trinajstić information content (AvgIpc) is 3.37. The van der Waals surface area contributed by atoms with Crippen LogP contribution in [0.4, 0.5) is 0 Å².